The number of amides is 2. The smallest absolute Gasteiger partial charge is 0.409 e. The van der Waals surface area contributed by atoms with E-state index in [4.69, 9.17) is 4.74 Å². The van der Waals surface area contributed by atoms with Crippen LogP contribution in [0.3, 0.4) is 0 Å². The van der Waals surface area contributed by atoms with Crippen LogP contribution in [0.25, 0.3) is 0 Å². The van der Waals surface area contributed by atoms with Crippen LogP contribution in [0.15, 0.2) is 12.4 Å². The second kappa shape index (κ2) is 7.75. The lowest BCUT2D eigenvalue weighted by Gasteiger charge is -2.33. The lowest BCUT2D eigenvalue weighted by Crippen LogP contribution is -2.50. The largest absolute Gasteiger partial charge is 0.450 e. The van der Waals surface area contributed by atoms with E-state index in [0.29, 0.717) is 44.3 Å². The second-order valence-corrected chi connectivity index (χ2v) is 5.57. The molecule has 1 aromatic rings. The van der Waals surface area contributed by atoms with Gasteiger partial charge < -0.3 is 19.9 Å². The molecule has 1 fully saturated rings. The lowest BCUT2D eigenvalue weighted by atomic mass is 10.2. The summed E-state index contributed by atoms with van der Waals surface area (Å²) in [5.74, 6) is 0.478. The van der Waals surface area contributed by atoms with Crippen LogP contribution in [-0.2, 0) is 4.74 Å². The fourth-order valence-electron chi connectivity index (χ4n) is 2.32. The number of piperazine rings is 1. The first-order valence-electron chi connectivity index (χ1n) is 7.80. The minimum Gasteiger partial charge on any atom is -0.450 e. The van der Waals surface area contributed by atoms with Gasteiger partial charge in [-0.25, -0.2) is 14.8 Å². The van der Waals surface area contributed by atoms with Crippen LogP contribution in [0, 0.1) is 0 Å². The van der Waals surface area contributed by atoms with Gasteiger partial charge in [-0.3, -0.25) is 4.79 Å². The first-order chi connectivity index (χ1) is 11.0. The molecule has 0 aliphatic carbocycles. The Labute approximate surface area is 135 Å². The van der Waals surface area contributed by atoms with Crippen LogP contribution in [0.1, 0.15) is 31.3 Å². The topological polar surface area (TPSA) is 87.7 Å². The predicted molar refractivity (Wildman–Crippen MR) is 85.3 cm³/mol. The van der Waals surface area contributed by atoms with Gasteiger partial charge in [0, 0.05) is 38.3 Å². The van der Waals surface area contributed by atoms with Crippen LogP contribution >= 0.6 is 0 Å². The van der Waals surface area contributed by atoms with E-state index >= 15 is 0 Å². The Hall–Kier alpha value is -2.38. The molecule has 1 aliphatic heterocycles. The monoisotopic (exact) mass is 321 g/mol. The Morgan fingerprint density at radius 1 is 1.22 bits per heavy atom. The summed E-state index contributed by atoms with van der Waals surface area (Å²) in [6.45, 7) is 7.99. The molecular formula is C15H23N5O3. The number of anilines is 1. The van der Waals surface area contributed by atoms with E-state index < -0.39 is 0 Å². The highest BCUT2D eigenvalue weighted by atomic mass is 16.6. The van der Waals surface area contributed by atoms with E-state index in [1.165, 1.54) is 6.33 Å². The Balaban J connectivity index is 1.96. The highest BCUT2D eigenvalue weighted by Gasteiger charge is 2.26. The maximum atomic E-state index is 12.5. The summed E-state index contributed by atoms with van der Waals surface area (Å²) in [6.07, 6.45) is 1.05. The number of nitrogens with one attached hydrogen (secondary N) is 1. The van der Waals surface area contributed by atoms with Crippen molar-refractivity contribution in [3.8, 4) is 0 Å². The first-order valence-corrected chi connectivity index (χ1v) is 7.80. The molecule has 1 aromatic heterocycles. The molecule has 1 N–H and O–H groups in total. The molecule has 2 heterocycles. The number of carbonyl (C=O) groups is 2. The molecule has 23 heavy (non-hydrogen) atoms. The predicted octanol–water partition coefficient (Wildman–Crippen LogP) is 1.21. The average molecular weight is 321 g/mol. The molecule has 8 nitrogen and oxygen atoms in total. The molecule has 0 radical (unpaired) electrons. The van der Waals surface area contributed by atoms with E-state index in [1.54, 1.807) is 22.8 Å². The van der Waals surface area contributed by atoms with Crippen LogP contribution in [0.2, 0.25) is 0 Å². The third kappa shape index (κ3) is 4.54. The minimum atomic E-state index is -0.329. The molecule has 0 atom stereocenters. The number of aromatic nitrogens is 2. The highest BCUT2D eigenvalue weighted by molar-refractivity contribution is 5.93. The Morgan fingerprint density at radius 3 is 2.48 bits per heavy atom. The number of carbonyl (C=O) groups excluding carboxylic acids is 2. The van der Waals surface area contributed by atoms with Gasteiger partial charge in [-0.2, -0.15) is 0 Å². The Kier molecular flexibility index (Phi) is 5.72. The van der Waals surface area contributed by atoms with Gasteiger partial charge in [-0.05, 0) is 20.8 Å². The summed E-state index contributed by atoms with van der Waals surface area (Å²) in [5.41, 5.74) is 0.354. The van der Waals surface area contributed by atoms with Crippen LogP contribution in [-0.4, -0.2) is 70.6 Å². The van der Waals surface area contributed by atoms with E-state index in [9.17, 15) is 9.59 Å². The third-order valence-electron chi connectivity index (χ3n) is 3.42. The molecule has 126 valence electrons. The summed E-state index contributed by atoms with van der Waals surface area (Å²) < 4.78 is 4.97. The quantitative estimate of drug-likeness (QED) is 0.897. The van der Waals surface area contributed by atoms with Gasteiger partial charge >= 0.3 is 6.09 Å². The molecule has 0 saturated carbocycles. The molecule has 1 saturated heterocycles. The summed E-state index contributed by atoms with van der Waals surface area (Å²) >= 11 is 0. The molecule has 0 bridgehead atoms. The number of hydrogen-bond acceptors (Lipinski definition) is 6. The van der Waals surface area contributed by atoms with Crippen molar-refractivity contribution in [2.24, 2.45) is 0 Å². The average Bonchev–Trinajstić information content (AvgIpc) is 2.54. The normalized spacial score (nSPS) is 14.8. The van der Waals surface area contributed by atoms with Crippen LogP contribution < -0.4 is 5.32 Å². The van der Waals surface area contributed by atoms with E-state index in [0.717, 1.165) is 0 Å². The van der Waals surface area contributed by atoms with Crippen molar-refractivity contribution in [3.05, 3.63) is 18.1 Å². The molecule has 2 rings (SSSR count). The van der Waals surface area contributed by atoms with Gasteiger partial charge in [0.05, 0.1) is 6.61 Å². The van der Waals surface area contributed by atoms with E-state index in [1.807, 2.05) is 13.8 Å². The lowest BCUT2D eigenvalue weighted by molar-refractivity contribution is 0.0566. The zero-order chi connectivity index (χ0) is 16.8. The van der Waals surface area contributed by atoms with Crippen molar-refractivity contribution in [2.45, 2.75) is 26.8 Å². The van der Waals surface area contributed by atoms with Gasteiger partial charge in [0.2, 0.25) is 0 Å². The molecule has 0 unspecified atom stereocenters. The van der Waals surface area contributed by atoms with E-state index in [-0.39, 0.29) is 18.0 Å². The second-order valence-electron chi connectivity index (χ2n) is 5.57. The maximum absolute atomic E-state index is 12.5. The SMILES string of the molecule is CCOC(=O)N1CCN(C(=O)c2cc(NC(C)C)ncn2)CC1. The van der Waals surface area contributed by atoms with Crippen LogP contribution in [0.5, 0.6) is 0 Å². The zero-order valence-corrected chi connectivity index (χ0v) is 13.8. The zero-order valence-electron chi connectivity index (χ0n) is 13.8. The maximum Gasteiger partial charge on any atom is 0.409 e. The van der Waals surface area contributed by atoms with Gasteiger partial charge in [0.1, 0.15) is 17.8 Å². The molecule has 0 spiro atoms. The van der Waals surface area contributed by atoms with Crippen molar-refractivity contribution in [3.63, 3.8) is 0 Å². The van der Waals surface area contributed by atoms with Gasteiger partial charge in [0.15, 0.2) is 0 Å². The number of rotatable bonds is 4. The molecule has 8 heteroatoms. The van der Waals surface area contributed by atoms with Crippen molar-refractivity contribution in [1.29, 1.82) is 0 Å². The molecular weight excluding hydrogens is 298 g/mol. The summed E-state index contributed by atoms with van der Waals surface area (Å²) in [4.78, 5) is 35.6. The summed E-state index contributed by atoms with van der Waals surface area (Å²) in [5, 5.41) is 3.15. The van der Waals surface area contributed by atoms with Crippen molar-refractivity contribution in [1.82, 2.24) is 19.8 Å². The molecule has 2 amide bonds. The fraction of sp³-hybridized carbons (Fsp3) is 0.600. The molecule has 1 aliphatic rings. The highest BCUT2D eigenvalue weighted by Crippen LogP contribution is 2.11. The van der Waals surface area contributed by atoms with E-state index in [2.05, 4.69) is 15.3 Å². The number of nitrogens with zero attached hydrogens (tertiary/aromatic N) is 4. The Morgan fingerprint density at radius 2 is 1.87 bits per heavy atom. The third-order valence-corrected chi connectivity index (χ3v) is 3.42. The fourth-order valence-corrected chi connectivity index (χ4v) is 2.32. The van der Waals surface area contributed by atoms with Gasteiger partial charge in [0.25, 0.3) is 5.91 Å². The van der Waals surface area contributed by atoms with Gasteiger partial charge in [-0.1, -0.05) is 0 Å². The standard InChI is InChI=1S/C15H23N5O3/c1-4-23-15(22)20-7-5-19(6-8-20)14(21)12-9-13(17-10-16-12)18-11(2)3/h9-11H,4-8H2,1-3H3,(H,16,17,18). The number of ether oxygens (including phenoxy) is 1. The summed E-state index contributed by atoms with van der Waals surface area (Å²) in [6, 6.07) is 1.88. The van der Waals surface area contributed by atoms with Crippen molar-refractivity contribution < 1.29 is 14.3 Å². The minimum absolute atomic E-state index is 0.150. The van der Waals surface area contributed by atoms with Gasteiger partial charge in [-0.15, -0.1) is 0 Å². The Bertz CT molecular complexity index is 556. The van der Waals surface area contributed by atoms with Crippen molar-refractivity contribution in [2.75, 3.05) is 38.1 Å². The van der Waals surface area contributed by atoms with Crippen LogP contribution in [0.4, 0.5) is 10.6 Å². The molecule has 0 aromatic carbocycles. The van der Waals surface area contributed by atoms with Crippen molar-refractivity contribution >= 4 is 17.8 Å². The first kappa shape index (κ1) is 17.0. The number of hydrogen-bond donors (Lipinski definition) is 1. The summed E-state index contributed by atoms with van der Waals surface area (Å²) in [7, 11) is 0.